The molecule has 39 heavy (non-hydrogen) atoms. The first-order chi connectivity index (χ1) is 17.5. The SMILES string of the molecule is C.C.CC(C)O[C@@H]1CC[C@H]2[C@@H]1OC[C@H]2O.CC(C)O[C@@H]1CO[C@@H](CO)[C@@H]1O.CC(C)O[C@H]1CO[C@H](CO)[C@H]1O. The van der Waals surface area contributed by atoms with Crippen molar-refractivity contribution in [1.29, 1.82) is 0 Å². The smallest absolute Gasteiger partial charge is 0.111 e. The molecule has 3 heterocycles. The van der Waals surface area contributed by atoms with E-state index in [-0.39, 0.29) is 76.9 Å². The van der Waals surface area contributed by atoms with Crippen LogP contribution < -0.4 is 0 Å². The van der Waals surface area contributed by atoms with Crippen LogP contribution in [0.5, 0.6) is 0 Å². The molecule has 0 radical (unpaired) electrons. The van der Waals surface area contributed by atoms with E-state index in [1.165, 1.54) is 0 Å². The van der Waals surface area contributed by atoms with Crippen molar-refractivity contribution in [2.24, 2.45) is 5.92 Å². The van der Waals surface area contributed by atoms with Gasteiger partial charge in [0.1, 0.15) is 36.6 Å². The van der Waals surface area contributed by atoms with Crippen molar-refractivity contribution in [2.45, 2.75) is 142 Å². The minimum absolute atomic E-state index is 0. The molecule has 0 bridgehead atoms. The van der Waals surface area contributed by atoms with E-state index in [0.717, 1.165) is 12.8 Å². The Morgan fingerprint density at radius 1 is 0.615 bits per heavy atom. The average molecular weight is 571 g/mol. The highest BCUT2D eigenvalue weighted by Crippen LogP contribution is 2.38. The lowest BCUT2D eigenvalue weighted by atomic mass is 10.0. The molecule has 0 amide bonds. The van der Waals surface area contributed by atoms with Crippen LogP contribution in [-0.2, 0) is 28.4 Å². The van der Waals surface area contributed by atoms with Crippen LogP contribution in [0.3, 0.4) is 0 Å². The lowest BCUT2D eigenvalue weighted by Gasteiger charge is -2.20. The maximum atomic E-state index is 9.57. The summed E-state index contributed by atoms with van der Waals surface area (Å²) in [7, 11) is 0. The van der Waals surface area contributed by atoms with Gasteiger partial charge in [0, 0.05) is 5.92 Å². The number of aliphatic hydroxyl groups excluding tert-OH is 5. The zero-order chi connectivity index (χ0) is 27.7. The van der Waals surface area contributed by atoms with E-state index in [1.807, 2.05) is 41.5 Å². The minimum atomic E-state index is -0.697. The summed E-state index contributed by atoms with van der Waals surface area (Å²) in [5.74, 6) is 0.323. The molecule has 0 unspecified atom stereocenters. The lowest BCUT2D eigenvalue weighted by molar-refractivity contribution is -0.0648. The van der Waals surface area contributed by atoms with Crippen LogP contribution in [0, 0.1) is 5.92 Å². The van der Waals surface area contributed by atoms with Gasteiger partial charge in [-0.15, -0.1) is 0 Å². The zero-order valence-corrected chi connectivity index (χ0v) is 23.1. The van der Waals surface area contributed by atoms with Crippen molar-refractivity contribution in [2.75, 3.05) is 33.0 Å². The summed E-state index contributed by atoms with van der Waals surface area (Å²) in [6.07, 6.45) is -0.346. The second-order valence-corrected chi connectivity index (χ2v) is 10.9. The van der Waals surface area contributed by atoms with Crippen LogP contribution in [0.25, 0.3) is 0 Å². The molecule has 4 rings (SSSR count). The van der Waals surface area contributed by atoms with Gasteiger partial charge in [-0.25, -0.2) is 0 Å². The van der Waals surface area contributed by atoms with E-state index in [4.69, 9.17) is 38.6 Å². The van der Waals surface area contributed by atoms with Gasteiger partial charge in [-0.05, 0) is 54.4 Å². The Labute approximate surface area is 235 Å². The fraction of sp³-hybridized carbons (Fsp3) is 1.00. The lowest BCUT2D eigenvalue weighted by Crippen LogP contribution is -2.35. The number of hydrogen-bond acceptors (Lipinski definition) is 11. The van der Waals surface area contributed by atoms with Crippen LogP contribution in [0.2, 0.25) is 0 Å². The molecule has 4 fully saturated rings. The molecule has 0 spiro atoms. The molecular formula is C28H58O11. The number of ether oxygens (including phenoxy) is 6. The minimum Gasteiger partial charge on any atom is -0.394 e. The molecular weight excluding hydrogens is 512 g/mol. The highest BCUT2D eigenvalue weighted by molar-refractivity contribution is 4.95. The van der Waals surface area contributed by atoms with Crippen molar-refractivity contribution >= 4 is 0 Å². The molecule has 1 aliphatic carbocycles. The topological polar surface area (TPSA) is 157 Å². The normalized spacial score (nSPS) is 37.1. The first-order valence-corrected chi connectivity index (χ1v) is 13.5. The van der Waals surface area contributed by atoms with Crippen molar-refractivity contribution in [3.8, 4) is 0 Å². The summed E-state index contributed by atoms with van der Waals surface area (Å²) >= 11 is 0. The van der Waals surface area contributed by atoms with E-state index in [0.29, 0.717) is 25.7 Å². The summed E-state index contributed by atoms with van der Waals surface area (Å²) in [6.45, 7) is 12.6. The van der Waals surface area contributed by atoms with Crippen LogP contribution in [0.15, 0.2) is 0 Å². The molecule has 3 saturated heterocycles. The second kappa shape index (κ2) is 18.9. The first-order valence-electron chi connectivity index (χ1n) is 13.5. The Morgan fingerprint density at radius 2 is 1.03 bits per heavy atom. The second-order valence-electron chi connectivity index (χ2n) is 10.9. The summed E-state index contributed by atoms with van der Waals surface area (Å²) < 4.78 is 32.2. The maximum absolute atomic E-state index is 9.57. The van der Waals surface area contributed by atoms with Crippen LogP contribution in [0.1, 0.15) is 69.2 Å². The van der Waals surface area contributed by atoms with E-state index in [2.05, 4.69) is 0 Å². The van der Waals surface area contributed by atoms with E-state index >= 15 is 0 Å². The quantitative estimate of drug-likeness (QED) is 0.286. The molecule has 4 aliphatic rings. The molecule has 5 N–H and O–H groups in total. The molecule has 11 nitrogen and oxygen atoms in total. The summed E-state index contributed by atoms with van der Waals surface area (Å²) in [6, 6.07) is 0. The van der Waals surface area contributed by atoms with Crippen LogP contribution >= 0.6 is 0 Å². The molecule has 10 atom stereocenters. The van der Waals surface area contributed by atoms with Crippen LogP contribution in [-0.4, -0.2) is 132 Å². The van der Waals surface area contributed by atoms with E-state index in [1.54, 1.807) is 0 Å². The van der Waals surface area contributed by atoms with E-state index < -0.39 is 24.4 Å². The van der Waals surface area contributed by atoms with Crippen LogP contribution in [0.4, 0.5) is 0 Å². The molecule has 1 saturated carbocycles. The molecule has 0 aromatic rings. The fourth-order valence-electron chi connectivity index (χ4n) is 5.00. The molecule has 0 aromatic heterocycles. The molecule has 11 heteroatoms. The van der Waals surface area contributed by atoms with Gasteiger partial charge in [-0.3, -0.25) is 0 Å². The Kier molecular flexibility index (Phi) is 18.7. The van der Waals surface area contributed by atoms with Gasteiger partial charge in [0.2, 0.25) is 0 Å². The first kappa shape index (κ1) is 38.6. The predicted octanol–water partition coefficient (Wildman–Crippen LogP) is 1.29. The zero-order valence-electron chi connectivity index (χ0n) is 23.1. The third kappa shape index (κ3) is 11.8. The largest absolute Gasteiger partial charge is 0.394 e. The van der Waals surface area contributed by atoms with Crippen molar-refractivity contribution < 1.29 is 54.0 Å². The van der Waals surface area contributed by atoms with Crippen molar-refractivity contribution in [1.82, 2.24) is 0 Å². The third-order valence-electron chi connectivity index (χ3n) is 6.70. The number of fused-ring (bicyclic) bond motifs is 1. The Hall–Kier alpha value is -0.440. The van der Waals surface area contributed by atoms with Gasteiger partial charge in [-0.1, -0.05) is 14.9 Å². The van der Waals surface area contributed by atoms with Crippen molar-refractivity contribution in [3.63, 3.8) is 0 Å². The van der Waals surface area contributed by atoms with Gasteiger partial charge in [0.25, 0.3) is 0 Å². The maximum Gasteiger partial charge on any atom is 0.111 e. The van der Waals surface area contributed by atoms with Gasteiger partial charge in [0.05, 0.1) is 69.7 Å². The third-order valence-corrected chi connectivity index (χ3v) is 6.70. The summed E-state index contributed by atoms with van der Waals surface area (Å²) in [5.41, 5.74) is 0. The van der Waals surface area contributed by atoms with E-state index in [9.17, 15) is 15.3 Å². The Balaban J connectivity index is 0.000000542. The van der Waals surface area contributed by atoms with Crippen molar-refractivity contribution in [3.05, 3.63) is 0 Å². The van der Waals surface area contributed by atoms with Gasteiger partial charge in [0.15, 0.2) is 0 Å². The average Bonchev–Trinajstić information content (AvgIpc) is 3.57. The van der Waals surface area contributed by atoms with Gasteiger partial charge >= 0.3 is 0 Å². The standard InChI is InChI=1S/C10H18O3.2C8H16O4.2CH4/c1-6(2)13-9-4-3-7-8(11)5-12-10(7)9;2*1-5(2)12-7-4-11-6(3-9)8(7)10;;/h6-11H,3-5H2,1-2H3;2*5-10H,3-4H2,1-2H3;2*1H4/t7-,8-,9-,10+;2*6-,7+,8-;;/m110../s1. The summed E-state index contributed by atoms with van der Waals surface area (Å²) in [4.78, 5) is 0. The van der Waals surface area contributed by atoms with Gasteiger partial charge < -0.3 is 54.0 Å². The highest BCUT2D eigenvalue weighted by Gasteiger charge is 2.46. The molecule has 0 aromatic carbocycles. The Bertz CT molecular complexity index is 588. The highest BCUT2D eigenvalue weighted by atomic mass is 16.6. The predicted molar refractivity (Wildman–Crippen MR) is 148 cm³/mol. The number of hydrogen-bond donors (Lipinski definition) is 5. The number of rotatable bonds is 8. The summed E-state index contributed by atoms with van der Waals surface area (Å²) in [5, 5.41) is 46.0. The Morgan fingerprint density at radius 3 is 1.38 bits per heavy atom. The molecule has 236 valence electrons. The number of aliphatic hydroxyl groups is 5. The van der Waals surface area contributed by atoms with Gasteiger partial charge in [-0.2, -0.15) is 0 Å². The monoisotopic (exact) mass is 570 g/mol. The molecule has 3 aliphatic heterocycles. The fourth-order valence-corrected chi connectivity index (χ4v) is 5.00.